The van der Waals surface area contributed by atoms with Gasteiger partial charge in [-0.3, -0.25) is 0 Å². The molecule has 160 valence electrons. The standard InChI is InChI=1S/C21H28N6O2S/c1-15-7-5-6-8-17(15)19-24-18-20(26-11-9-25(3)10-12-26)22-16(2)23-21(18)27(19)13-14-30(4,28)29/h5-8H,9-14H2,1-4H3. The van der Waals surface area contributed by atoms with E-state index in [1.165, 1.54) is 6.26 Å². The fourth-order valence-corrected chi connectivity index (χ4v) is 4.34. The van der Waals surface area contributed by atoms with Crippen molar-refractivity contribution in [2.45, 2.75) is 20.4 Å². The van der Waals surface area contributed by atoms with Gasteiger partial charge in [-0.15, -0.1) is 0 Å². The lowest BCUT2D eigenvalue weighted by atomic mass is 10.1. The van der Waals surface area contributed by atoms with Crippen LogP contribution in [0.15, 0.2) is 24.3 Å². The number of aryl methyl sites for hydroxylation is 3. The number of rotatable bonds is 5. The van der Waals surface area contributed by atoms with Crippen LogP contribution in [0.5, 0.6) is 0 Å². The van der Waals surface area contributed by atoms with Crippen LogP contribution < -0.4 is 4.90 Å². The maximum absolute atomic E-state index is 11.9. The Morgan fingerprint density at radius 3 is 2.37 bits per heavy atom. The van der Waals surface area contributed by atoms with Crippen LogP contribution in [0.1, 0.15) is 11.4 Å². The number of imidazole rings is 1. The first-order valence-corrected chi connectivity index (χ1v) is 12.2. The number of hydrogen-bond acceptors (Lipinski definition) is 7. The highest BCUT2D eigenvalue weighted by Gasteiger charge is 2.24. The quantitative estimate of drug-likeness (QED) is 0.614. The molecule has 3 heterocycles. The van der Waals surface area contributed by atoms with Crippen molar-refractivity contribution in [1.29, 1.82) is 0 Å². The number of nitrogens with zero attached hydrogens (tertiary/aromatic N) is 6. The van der Waals surface area contributed by atoms with E-state index in [0.29, 0.717) is 18.0 Å². The molecule has 0 aliphatic carbocycles. The lowest BCUT2D eigenvalue weighted by Gasteiger charge is -2.33. The smallest absolute Gasteiger partial charge is 0.166 e. The molecule has 1 aliphatic heterocycles. The molecular formula is C21H28N6O2S. The van der Waals surface area contributed by atoms with Gasteiger partial charge in [-0.1, -0.05) is 24.3 Å². The highest BCUT2D eigenvalue weighted by molar-refractivity contribution is 7.90. The topological polar surface area (TPSA) is 84.2 Å². The summed E-state index contributed by atoms with van der Waals surface area (Å²) >= 11 is 0. The van der Waals surface area contributed by atoms with Crippen LogP contribution in [-0.4, -0.2) is 78.1 Å². The number of benzene rings is 1. The average Bonchev–Trinajstić information content (AvgIpc) is 3.04. The minimum absolute atomic E-state index is 0.0320. The molecule has 2 aromatic heterocycles. The van der Waals surface area contributed by atoms with Crippen molar-refractivity contribution in [3.8, 4) is 11.4 Å². The van der Waals surface area contributed by atoms with Gasteiger partial charge in [-0.05, 0) is 26.5 Å². The summed E-state index contributed by atoms with van der Waals surface area (Å²) in [5, 5.41) is 0. The van der Waals surface area contributed by atoms with Crippen molar-refractivity contribution in [2.75, 3.05) is 50.1 Å². The van der Waals surface area contributed by atoms with Gasteiger partial charge in [0.05, 0.1) is 5.75 Å². The summed E-state index contributed by atoms with van der Waals surface area (Å²) in [6.45, 7) is 7.88. The Bertz CT molecular complexity index is 1180. The van der Waals surface area contributed by atoms with Crippen LogP contribution in [0.25, 0.3) is 22.6 Å². The van der Waals surface area contributed by atoms with E-state index in [-0.39, 0.29) is 5.75 Å². The van der Waals surface area contributed by atoms with Gasteiger partial charge in [-0.25, -0.2) is 23.4 Å². The first-order valence-electron chi connectivity index (χ1n) is 10.1. The van der Waals surface area contributed by atoms with Crippen molar-refractivity contribution in [1.82, 2.24) is 24.4 Å². The zero-order chi connectivity index (χ0) is 21.5. The Kier molecular flexibility index (Phi) is 5.50. The summed E-state index contributed by atoms with van der Waals surface area (Å²) in [6.07, 6.45) is 1.26. The number of aromatic nitrogens is 4. The highest BCUT2D eigenvalue weighted by atomic mass is 32.2. The van der Waals surface area contributed by atoms with Crippen LogP contribution in [-0.2, 0) is 16.4 Å². The number of piperazine rings is 1. The van der Waals surface area contributed by atoms with Crippen LogP contribution in [0.3, 0.4) is 0 Å². The van der Waals surface area contributed by atoms with E-state index < -0.39 is 9.84 Å². The number of hydrogen-bond donors (Lipinski definition) is 0. The molecule has 3 aromatic rings. The fourth-order valence-electron chi connectivity index (χ4n) is 3.83. The maximum Gasteiger partial charge on any atom is 0.166 e. The van der Waals surface area contributed by atoms with Crippen LogP contribution in [0.4, 0.5) is 5.82 Å². The molecule has 0 spiro atoms. The molecule has 0 unspecified atom stereocenters. The molecule has 9 heteroatoms. The molecule has 0 atom stereocenters. The number of anilines is 1. The van der Waals surface area contributed by atoms with Crippen molar-refractivity contribution in [3.05, 3.63) is 35.7 Å². The summed E-state index contributed by atoms with van der Waals surface area (Å²) in [5.74, 6) is 2.26. The van der Waals surface area contributed by atoms with Gasteiger partial charge in [-0.2, -0.15) is 0 Å². The summed E-state index contributed by atoms with van der Waals surface area (Å²) < 4.78 is 25.8. The summed E-state index contributed by atoms with van der Waals surface area (Å²) in [6, 6.07) is 8.01. The van der Waals surface area contributed by atoms with E-state index in [1.54, 1.807) is 0 Å². The maximum atomic E-state index is 11.9. The molecule has 0 bridgehead atoms. The molecule has 4 rings (SSSR count). The van der Waals surface area contributed by atoms with Crippen molar-refractivity contribution in [2.24, 2.45) is 0 Å². The molecule has 0 saturated carbocycles. The molecule has 1 aromatic carbocycles. The SMILES string of the molecule is Cc1nc(N2CCN(C)CC2)c2nc(-c3ccccc3C)n(CCS(C)(=O)=O)c2n1. The molecular weight excluding hydrogens is 400 g/mol. The van der Waals surface area contributed by atoms with Crippen molar-refractivity contribution < 1.29 is 8.42 Å². The van der Waals surface area contributed by atoms with Gasteiger partial charge in [0.1, 0.15) is 21.5 Å². The molecule has 1 fully saturated rings. The normalized spacial score (nSPS) is 15.8. The number of fused-ring (bicyclic) bond motifs is 1. The second-order valence-corrected chi connectivity index (χ2v) is 10.3. The van der Waals surface area contributed by atoms with Gasteiger partial charge >= 0.3 is 0 Å². The molecule has 1 saturated heterocycles. The average molecular weight is 429 g/mol. The second kappa shape index (κ2) is 7.96. The molecule has 0 N–H and O–H groups in total. The molecule has 8 nitrogen and oxygen atoms in total. The summed E-state index contributed by atoms with van der Waals surface area (Å²) in [5.41, 5.74) is 3.49. The Morgan fingerprint density at radius 2 is 1.70 bits per heavy atom. The fraction of sp³-hybridized carbons (Fsp3) is 0.476. The lowest BCUT2D eigenvalue weighted by molar-refractivity contribution is 0.312. The Morgan fingerprint density at radius 1 is 1.00 bits per heavy atom. The summed E-state index contributed by atoms with van der Waals surface area (Å²) in [4.78, 5) is 18.9. The van der Waals surface area contributed by atoms with Crippen molar-refractivity contribution >= 4 is 26.8 Å². The zero-order valence-corrected chi connectivity index (χ0v) is 18.8. The van der Waals surface area contributed by atoms with Crippen LogP contribution in [0, 0.1) is 13.8 Å². The third-order valence-electron chi connectivity index (χ3n) is 5.56. The minimum atomic E-state index is -3.13. The third kappa shape index (κ3) is 4.17. The minimum Gasteiger partial charge on any atom is -0.352 e. The molecule has 0 amide bonds. The van der Waals surface area contributed by atoms with E-state index >= 15 is 0 Å². The van der Waals surface area contributed by atoms with Crippen LogP contribution in [0.2, 0.25) is 0 Å². The monoisotopic (exact) mass is 428 g/mol. The largest absolute Gasteiger partial charge is 0.352 e. The predicted octanol–water partition coefficient (Wildman–Crippen LogP) is 1.91. The number of sulfone groups is 1. The van der Waals surface area contributed by atoms with Gasteiger partial charge in [0.15, 0.2) is 17.0 Å². The second-order valence-electron chi connectivity index (χ2n) is 8.09. The van der Waals surface area contributed by atoms with E-state index in [4.69, 9.17) is 9.97 Å². The van der Waals surface area contributed by atoms with E-state index in [9.17, 15) is 8.42 Å². The van der Waals surface area contributed by atoms with Crippen molar-refractivity contribution in [3.63, 3.8) is 0 Å². The van der Waals surface area contributed by atoms with E-state index in [1.807, 2.05) is 42.7 Å². The predicted molar refractivity (Wildman–Crippen MR) is 120 cm³/mol. The first kappa shape index (κ1) is 20.7. The zero-order valence-electron chi connectivity index (χ0n) is 18.0. The van der Waals surface area contributed by atoms with Gasteiger partial charge < -0.3 is 14.4 Å². The molecule has 0 radical (unpaired) electrons. The Balaban J connectivity index is 1.91. The molecule has 1 aliphatic rings. The lowest BCUT2D eigenvalue weighted by Crippen LogP contribution is -2.45. The number of likely N-dealkylation sites (N-methyl/N-ethyl adjacent to an activating group) is 1. The van der Waals surface area contributed by atoms with E-state index in [2.05, 4.69) is 21.8 Å². The van der Waals surface area contributed by atoms with Gasteiger partial charge in [0, 0.05) is 44.5 Å². The summed E-state index contributed by atoms with van der Waals surface area (Å²) in [7, 11) is -1.01. The Hall–Kier alpha value is -2.52. The molecule has 30 heavy (non-hydrogen) atoms. The highest BCUT2D eigenvalue weighted by Crippen LogP contribution is 2.31. The first-order chi connectivity index (χ1) is 14.2. The van der Waals surface area contributed by atoms with E-state index in [0.717, 1.165) is 54.5 Å². The van der Waals surface area contributed by atoms with Crippen LogP contribution >= 0.6 is 0 Å². The third-order valence-corrected chi connectivity index (χ3v) is 6.49. The van der Waals surface area contributed by atoms with Gasteiger partial charge in [0.25, 0.3) is 0 Å². The Labute approximate surface area is 177 Å². The van der Waals surface area contributed by atoms with Gasteiger partial charge in [0.2, 0.25) is 0 Å².